The van der Waals surface area contributed by atoms with Gasteiger partial charge in [0.15, 0.2) is 0 Å². The van der Waals surface area contributed by atoms with Gasteiger partial charge in [-0.3, -0.25) is 4.79 Å². The zero-order chi connectivity index (χ0) is 13.4. The fraction of sp³-hybridized carbons (Fsp3) is 0.500. The van der Waals surface area contributed by atoms with E-state index in [1.807, 2.05) is 30.8 Å². The van der Waals surface area contributed by atoms with Crippen LogP contribution in [0, 0.1) is 6.92 Å². The molecule has 0 aromatic heterocycles. The van der Waals surface area contributed by atoms with Crippen molar-refractivity contribution in [1.29, 1.82) is 0 Å². The fourth-order valence-electron chi connectivity index (χ4n) is 1.71. The second-order valence-corrected chi connectivity index (χ2v) is 5.63. The van der Waals surface area contributed by atoms with Crippen LogP contribution in [-0.2, 0) is 6.54 Å². The summed E-state index contributed by atoms with van der Waals surface area (Å²) in [5, 5.41) is 3.42. The minimum atomic E-state index is -0.366. The van der Waals surface area contributed by atoms with E-state index in [2.05, 4.69) is 12.2 Å². The van der Waals surface area contributed by atoms with E-state index in [0.717, 1.165) is 18.7 Å². The molecule has 0 saturated heterocycles. The number of nitrogens with two attached hydrogens (primary N) is 1. The Morgan fingerprint density at radius 1 is 1.44 bits per heavy atom. The Labute approximate surface area is 114 Å². The molecule has 0 bridgehead atoms. The van der Waals surface area contributed by atoms with Gasteiger partial charge in [0, 0.05) is 12.1 Å². The number of rotatable bonds is 8. The van der Waals surface area contributed by atoms with Gasteiger partial charge in [0.05, 0.1) is 0 Å². The van der Waals surface area contributed by atoms with Crippen molar-refractivity contribution in [2.24, 2.45) is 5.73 Å². The molecule has 0 spiro atoms. The van der Waals surface area contributed by atoms with Gasteiger partial charge in [-0.1, -0.05) is 13.0 Å². The number of aryl methyl sites for hydroxylation is 1. The Kier molecular flexibility index (Phi) is 6.83. The van der Waals surface area contributed by atoms with Gasteiger partial charge in [-0.2, -0.15) is 11.8 Å². The van der Waals surface area contributed by atoms with Crippen LogP contribution >= 0.6 is 11.8 Å². The summed E-state index contributed by atoms with van der Waals surface area (Å²) in [6.45, 7) is 6.07. The van der Waals surface area contributed by atoms with Crippen LogP contribution in [0.1, 0.15) is 34.8 Å². The van der Waals surface area contributed by atoms with Crippen molar-refractivity contribution >= 4 is 17.7 Å². The molecule has 0 atom stereocenters. The van der Waals surface area contributed by atoms with Crippen LogP contribution in [0.3, 0.4) is 0 Å². The standard InChI is InChI=1S/C14H22N2OS/c1-3-18-8-4-7-16-10-13-6-5-12(14(15)17)9-11(13)2/h5-6,9,16H,3-4,7-8,10H2,1-2H3,(H2,15,17). The normalized spacial score (nSPS) is 10.6. The van der Waals surface area contributed by atoms with Crippen molar-refractivity contribution in [1.82, 2.24) is 5.32 Å². The highest BCUT2D eigenvalue weighted by molar-refractivity contribution is 7.99. The van der Waals surface area contributed by atoms with Crippen LogP contribution in [0.4, 0.5) is 0 Å². The SMILES string of the molecule is CCSCCCNCc1ccc(C(N)=O)cc1C. The van der Waals surface area contributed by atoms with E-state index in [1.165, 1.54) is 23.5 Å². The first kappa shape index (κ1) is 15.1. The first-order valence-corrected chi connectivity index (χ1v) is 7.48. The maximum absolute atomic E-state index is 11.0. The van der Waals surface area contributed by atoms with Crippen LogP contribution in [0.5, 0.6) is 0 Å². The van der Waals surface area contributed by atoms with Crippen molar-refractivity contribution in [3.8, 4) is 0 Å². The highest BCUT2D eigenvalue weighted by Gasteiger charge is 2.03. The highest BCUT2D eigenvalue weighted by Crippen LogP contribution is 2.10. The highest BCUT2D eigenvalue weighted by atomic mass is 32.2. The molecule has 4 heteroatoms. The summed E-state index contributed by atoms with van der Waals surface area (Å²) in [7, 11) is 0. The van der Waals surface area contributed by atoms with Crippen LogP contribution in [0.2, 0.25) is 0 Å². The molecule has 0 saturated carbocycles. The van der Waals surface area contributed by atoms with E-state index < -0.39 is 0 Å². The van der Waals surface area contributed by atoms with Crippen molar-refractivity contribution in [3.63, 3.8) is 0 Å². The molecule has 1 rings (SSSR count). The Balaban J connectivity index is 2.36. The molecule has 3 N–H and O–H groups in total. The lowest BCUT2D eigenvalue weighted by Crippen LogP contribution is -2.17. The summed E-state index contributed by atoms with van der Waals surface area (Å²) >= 11 is 1.97. The Hall–Kier alpha value is -1.00. The largest absolute Gasteiger partial charge is 0.366 e. The zero-order valence-corrected chi connectivity index (χ0v) is 12.0. The van der Waals surface area contributed by atoms with Gasteiger partial charge in [0.25, 0.3) is 0 Å². The molecule has 0 unspecified atom stereocenters. The lowest BCUT2D eigenvalue weighted by atomic mass is 10.0. The molecule has 1 aromatic carbocycles. The van der Waals surface area contributed by atoms with Crippen LogP contribution < -0.4 is 11.1 Å². The fourth-order valence-corrected chi connectivity index (χ4v) is 2.35. The first-order chi connectivity index (χ1) is 8.65. The van der Waals surface area contributed by atoms with Gasteiger partial charge < -0.3 is 11.1 Å². The molecular formula is C14H22N2OS. The summed E-state index contributed by atoms with van der Waals surface area (Å²) in [6, 6.07) is 5.62. The number of thioether (sulfide) groups is 1. The molecule has 1 amide bonds. The quantitative estimate of drug-likeness (QED) is 0.710. The minimum absolute atomic E-state index is 0.366. The molecule has 0 aliphatic rings. The first-order valence-electron chi connectivity index (χ1n) is 6.33. The molecule has 0 radical (unpaired) electrons. The molecule has 0 aliphatic carbocycles. The predicted molar refractivity (Wildman–Crippen MR) is 79.0 cm³/mol. The molecule has 1 aromatic rings. The van der Waals surface area contributed by atoms with E-state index in [4.69, 9.17) is 5.73 Å². The van der Waals surface area contributed by atoms with Crippen LogP contribution in [0.25, 0.3) is 0 Å². The monoisotopic (exact) mass is 266 g/mol. The summed E-state index contributed by atoms with van der Waals surface area (Å²) in [6.07, 6.45) is 1.19. The number of primary amides is 1. The molecular weight excluding hydrogens is 244 g/mol. The van der Waals surface area contributed by atoms with E-state index in [9.17, 15) is 4.79 Å². The third-order valence-corrected chi connectivity index (χ3v) is 3.77. The molecule has 3 nitrogen and oxygen atoms in total. The lowest BCUT2D eigenvalue weighted by Gasteiger charge is -2.08. The van der Waals surface area contributed by atoms with Crippen molar-refractivity contribution < 1.29 is 4.79 Å². The zero-order valence-electron chi connectivity index (χ0n) is 11.2. The Bertz CT molecular complexity index is 393. The maximum atomic E-state index is 11.0. The predicted octanol–water partition coefficient (Wildman–Crippen LogP) is 2.33. The van der Waals surface area contributed by atoms with E-state index >= 15 is 0 Å². The third kappa shape index (κ3) is 5.10. The molecule has 0 heterocycles. The van der Waals surface area contributed by atoms with Crippen molar-refractivity contribution in [2.75, 3.05) is 18.1 Å². The third-order valence-electron chi connectivity index (χ3n) is 2.79. The lowest BCUT2D eigenvalue weighted by molar-refractivity contribution is 0.1000. The molecule has 100 valence electrons. The number of hydrogen-bond acceptors (Lipinski definition) is 3. The van der Waals surface area contributed by atoms with Gasteiger partial charge in [-0.15, -0.1) is 0 Å². The van der Waals surface area contributed by atoms with Crippen molar-refractivity contribution in [2.45, 2.75) is 26.8 Å². The molecule has 18 heavy (non-hydrogen) atoms. The topological polar surface area (TPSA) is 55.1 Å². The number of amides is 1. The minimum Gasteiger partial charge on any atom is -0.366 e. The van der Waals surface area contributed by atoms with Crippen LogP contribution in [0.15, 0.2) is 18.2 Å². The number of hydrogen-bond donors (Lipinski definition) is 2. The average molecular weight is 266 g/mol. The van der Waals surface area contributed by atoms with Crippen molar-refractivity contribution in [3.05, 3.63) is 34.9 Å². The van der Waals surface area contributed by atoms with Gasteiger partial charge >= 0.3 is 0 Å². The van der Waals surface area contributed by atoms with E-state index in [-0.39, 0.29) is 5.91 Å². The van der Waals surface area contributed by atoms with Gasteiger partial charge in [0.2, 0.25) is 5.91 Å². The summed E-state index contributed by atoms with van der Waals surface area (Å²) in [5.41, 5.74) is 8.16. The molecule has 0 aliphatic heterocycles. The van der Waals surface area contributed by atoms with Crippen LogP contribution in [-0.4, -0.2) is 24.0 Å². The van der Waals surface area contributed by atoms with Gasteiger partial charge in [-0.25, -0.2) is 0 Å². The molecule has 0 fully saturated rings. The Morgan fingerprint density at radius 3 is 2.83 bits per heavy atom. The Morgan fingerprint density at radius 2 is 2.22 bits per heavy atom. The summed E-state index contributed by atoms with van der Waals surface area (Å²) in [4.78, 5) is 11.0. The second-order valence-electron chi connectivity index (χ2n) is 4.23. The van der Waals surface area contributed by atoms with E-state index in [0.29, 0.717) is 5.56 Å². The van der Waals surface area contributed by atoms with Gasteiger partial charge in [-0.05, 0) is 54.7 Å². The average Bonchev–Trinajstić information content (AvgIpc) is 2.35. The summed E-state index contributed by atoms with van der Waals surface area (Å²) in [5.74, 6) is 2.03. The number of carbonyl (C=O) groups is 1. The van der Waals surface area contributed by atoms with Gasteiger partial charge in [0.1, 0.15) is 0 Å². The second kappa shape index (κ2) is 8.16. The maximum Gasteiger partial charge on any atom is 0.248 e. The van der Waals surface area contributed by atoms with E-state index in [1.54, 1.807) is 6.07 Å². The number of nitrogens with one attached hydrogen (secondary N) is 1. The number of carbonyl (C=O) groups excluding carboxylic acids is 1. The summed E-state index contributed by atoms with van der Waals surface area (Å²) < 4.78 is 0. The smallest absolute Gasteiger partial charge is 0.248 e. The number of benzene rings is 1.